The number of H-pyrrole nitrogens is 2. The lowest BCUT2D eigenvalue weighted by atomic mass is 9.84. The summed E-state index contributed by atoms with van der Waals surface area (Å²) >= 11 is 0. The molecule has 4 aliphatic rings. The fraction of sp³-hybridized carbons (Fsp3) is 0.378. The van der Waals surface area contributed by atoms with Crippen LogP contribution in [0.25, 0.3) is 33.3 Å². The molecule has 2 aromatic rings. The number of rotatable bonds is 6. The number of nitrogens with one attached hydrogen (secondary N) is 2. The number of ether oxygens (including phenoxy) is 1. The number of aromatic nitrogens is 4. The molecule has 2 amide bonds. The zero-order valence-electron chi connectivity index (χ0n) is 27.5. The van der Waals surface area contributed by atoms with E-state index in [9.17, 15) is 14.4 Å². The third-order valence-electron chi connectivity index (χ3n) is 9.93. The lowest BCUT2D eigenvalue weighted by molar-refractivity contribution is -0.140. The summed E-state index contributed by atoms with van der Waals surface area (Å²) in [6.07, 6.45) is 7.86. The second kappa shape index (κ2) is 11.8. The monoisotopic (exact) mass is 617 g/mol. The van der Waals surface area contributed by atoms with Crippen molar-refractivity contribution in [1.82, 2.24) is 24.8 Å². The van der Waals surface area contributed by atoms with Crippen LogP contribution in [0.3, 0.4) is 0 Å². The largest absolute Gasteiger partial charge is 0.469 e. The highest BCUT2D eigenvalue weighted by molar-refractivity contribution is 6.23. The minimum atomic E-state index is -0.477. The molecule has 6 heterocycles. The van der Waals surface area contributed by atoms with E-state index in [4.69, 9.17) is 21.1 Å². The van der Waals surface area contributed by atoms with Gasteiger partial charge in [-0.25, -0.2) is 9.97 Å². The van der Waals surface area contributed by atoms with Gasteiger partial charge in [-0.2, -0.15) is 0 Å². The van der Waals surface area contributed by atoms with E-state index in [0.717, 1.165) is 68.5 Å². The summed E-state index contributed by atoms with van der Waals surface area (Å²) in [5.41, 5.74) is 12.0. The minimum Gasteiger partial charge on any atom is -0.469 e. The van der Waals surface area contributed by atoms with Crippen LogP contribution in [0, 0.1) is 19.3 Å². The molecule has 0 aromatic carbocycles. The van der Waals surface area contributed by atoms with Crippen molar-refractivity contribution in [1.29, 1.82) is 0 Å². The maximum Gasteiger partial charge on any atom is 0.305 e. The van der Waals surface area contributed by atoms with E-state index in [1.807, 2.05) is 19.1 Å². The molecule has 0 aliphatic carbocycles. The van der Waals surface area contributed by atoms with Crippen LogP contribution in [0.15, 0.2) is 18.2 Å². The number of terminal acetylenes is 1. The molecule has 0 spiro atoms. The van der Waals surface area contributed by atoms with Gasteiger partial charge in [0.15, 0.2) is 0 Å². The van der Waals surface area contributed by atoms with Gasteiger partial charge >= 0.3 is 5.97 Å². The van der Waals surface area contributed by atoms with Gasteiger partial charge in [0.25, 0.3) is 11.8 Å². The highest BCUT2D eigenvalue weighted by atomic mass is 16.5. The van der Waals surface area contributed by atoms with E-state index in [1.54, 1.807) is 0 Å². The number of carbonyl (C=O) groups is 3. The second-order valence-corrected chi connectivity index (χ2v) is 12.3. The number of methoxy groups -OCH3 is 1. The highest BCUT2D eigenvalue weighted by Crippen LogP contribution is 2.44. The molecule has 2 N–H and O–H groups in total. The first-order valence-corrected chi connectivity index (χ1v) is 15.9. The second-order valence-electron chi connectivity index (χ2n) is 12.3. The number of hydrogen-bond acceptors (Lipinski definition) is 6. The average Bonchev–Trinajstić information content (AvgIpc) is 3.71. The third-order valence-corrected chi connectivity index (χ3v) is 9.93. The maximum absolute atomic E-state index is 14.3. The van der Waals surface area contributed by atoms with Crippen molar-refractivity contribution in [3.05, 3.63) is 69.1 Å². The van der Waals surface area contributed by atoms with Gasteiger partial charge in [-0.1, -0.05) is 26.7 Å². The van der Waals surface area contributed by atoms with Crippen LogP contribution in [0.4, 0.5) is 0 Å². The van der Waals surface area contributed by atoms with Crippen molar-refractivity contribution < 1.29 is 19.1 Å². The van der Waals surface area contributed by atoms with Gasteiger partial charge in [0.05, 0.1) is 53.1 Å². The Hall–Kier alpha value is -4.97. The number of aromatic amines is 2. The fourth-order valence-electron chi connectivity index (χ4n) is 7.26. The summed E-state index contributed by atoms with van der Waals surface area (Å²) in [6.45, 7) is 12.2. The zero-order chi connectivity index (χ0) is 33.0. The van der Waals surface area contributed by atoms with Crippen molar-refractivity contribution in [2.45, 2.75) is 79.1 Å². The molecule has 236 valence electrons. The summed E-state index contributed by atoms with van der Waals surface area (Å²) in [7, 11) is 1.37. The van der Waals surface area contributed by atoms with Gasteiger partial charge in [0.1, 0.15) is 0 Å². The van der Waals surface area contributed by atoms with Crippen molar-refractivity contribution >= 4 is 51.1 Å². The Bertz CT molecular complexity index is 2020. The first-order chi connectivity index (χ1) is 22.0. The Kier molecular flexibility index (Phi) is 7.93. The Morgan fingerprint density at radius 2 is 1.54 bits per heavy atom. The minimum absolute atomic E-state index is 0.0956. The molecule has 8 bridgehead atoms. The number of nitrogens with zero attached hydrogens (tertiary/aromatic N) is 3. The first kappa shape index (κ1) is 31.0. The molecule has 2 aromatic heterocycles. The van der Waals surface area contributed by atoms with Crippen LogP contribution < -0.4 is 0 Å². The molecule has 0 radical (unpaired) electrons. The van der Waals surface area contributed by atoms with E-state index in [-0.39, 0.29) is 30.8 Å². The smallest absolute Gasteiger partial charge is 0.305 e. The van der Waals surface area contributed by atoms with Crippen LogP contribution in [0.5, 0.6) is 0 Å². The molecule has 4 aliphatic heterocycles. The number of hydrogen-bond donors (Lipinski definition) is 2. The molecule has 2 atom stereocenters. The number of allylic oxidation sites excluding steroid dienone is 4. The van der Waals surface area contributed by atoms with Gasteiger partial charge in [0, 0.05) is 35.2 Å². The lowest BCUT2D eigenvalue weighted by Gasteiger charge is -2.25. The normalized spacial score (nSPS) is 18.3. The number of imide groups is 1. The van der Waals surface area contributed by atoms with E-state index >= 15 is 0 Å². The Morgan fingerprint density at radius 3 is 2.15 bits per heavy atom. The van der Waals surface area contributed by atoms with E-state index < -0.39 is 11.8 Å². The third kappa shape index (κ3) is 4.75. The molecule has 9 heteroatoms. The van der Waals surface area contributed by atoms with Gasteiger partial charge < -0.3 is 14.7 Å². The van der Waals surface area contributed by atoms with E-state index in [0.29, 0.717) is 39.8 Å². The molecule has 9 nitrogen and oxygen atoms in total. The summed E-state index contributed by atoms with van der Waals surface area (Å²) in [5, 5.41) is 0. The highest BCUT2D eigenvalue weighted by Gasteiger charge is 2.40. The van der Waals surface area contributed by atoms with Gasteiger partial charge in [0.2, 0.25) is 0 Å². The van der Waals surface area contributed by atoms with Crippen molar-refractivity contribution in [2.24, 2.45) is 0 Å². The SMILES string of the molecule is C#CCN1C(=O)c2c3[nH]c(cc4nc(cc5nc(cc6[nH]c2c(c6C)C1=O)C(CC)=C5C)C(CC)=C4C)[C@@H](C)[C@@H]3CCC(=O)OC. The molecule has 0 saturated heterocycles. The van der Waals surface area contributed by atoms with Gasteiger partial charge in [-0.05, 0) is 86.1 Å². The van der Waals surface area contributed by atoms with Crippen molar-refractivity contribution in [3.8, 4) is 12.3 Å². The quantitative estimate of drug-likeness (QED) is 0.203. The number of amides is 2. The number of esters is 1. The number of fused-ring (bicyclic) bond motifs is 8. The predicted octanol–water partition coefficient (Wildman–Crippen LogP) is 7.10. The zero-order valence-corrected chi connectivity index (χ0v) is 27.5. The first-order valence-electron chi connectivity index (χ1n) is 15.9. The van der Waals surface area contributed by atoms with Crippen LogP contribution in [-0.4, -0.2) is 56.3 Å². The molecule has 0 unspecified atom stereocenters. The summed E-state index contributed by atoms with van der Waals surface area (Å²) in [6, 6.07) is 6.09. The predicted molar refractivity (Wildman–Crippen MR) is 179 cm³/mol. The Labute approximate surface area is 268 Å². The Balaban J connectivity index is 1.79. The van der Waals surface area contributed by atoms with E-state index in [2.05, 4.69) is 56.6 Å². The van der Waals surface area contributed by atoms with Crippen LogP contribution in [0.2, 0.25) is 0 Å². The van der Waals surface area contributed by atoms with Crippen LogP contribution >= 0.6 is 0 Å². The van der Waals surface area contributed by atoms with Gasteiger partial charge in [-0.3, -0.25) is 19.3 Å². The lowest BCUT2D eigenvalue weighted by Crippen LogP contribution is -2.41. The topological polar surface area (TPSA) is 121 Å². The van der Waals surface area contributed by atoms with Crippen molar-refractivity contribution in [2.75, 3.05) is 13.7 Å². The van der Waals surface area contributed by atoms with Gasteiger partial charge in [-0.15, -0.1) is 6.42 Å². The molecule has 46 heavy (non-hydrogen) atoms. The molecule has 0 saturated carbocycles. The summed E-state index contributed by atoms with van der Waals surface area (Å²) in [4.78, 5) is 58.8. The molecular formula is C37H39N5O4. The summed E-state index contributed by atoms with van der Waals surface area (Å²) in [5.74, 6) is 0.905. The molecule has 6 rings (SSSR count). The fourth-order valence-corrected chi connectivity index (χ4v) is 7.26. The van der Waals surface area contributed by atoms with Crippen LogP contribution in [0.1, 0.15) is 133 Å². The molecule has 0 fully saturated rings. The number of aryl methyl sites for hydroxylation is 1. The van der Waals surface area contributed by atoms with E-state index in [1.165, 1.54) is 7.11 Å². The van der Waals surface area contributed by atoms with Crippen LogP contribution in [-0.2, 0) is 9.53 Å². The Morgan fingerprint density at radius 1 is 0.935 bits per heavy atom. The molecular weight excluding hydrogens is 578 g/mol. The summed E-state index contributed by atoms with van der Waals surface area (Å²) < 4.78 is 4.97. The standard InChI is InChI=1S/C37H39N5O4/c1-9-14-42-36(44)32-21(7)28-17-30-23(11-3)19(5)26(39-30)16-29-22(10-2)18(4)25(38-29)15-27-20(6)24(12-13-31(43)46-8)34(40-27)33(37(42)45)35(32)41-28/h1,15-17,20,24,40-41H,10-14H2,2-8H3/t20-,24-/m0/s1. The number of carbonyl (C=O) groups excluding carboxylic acids is 3. The average molecular weight is 618 g/mol. The van der Waals surface area contributed by atoms with Crippen molar-refractivity contribution in [3.63, 3.8) is 0 Å². The maximum atomic E-state index is 14.3.